The number of aliphatic hydroxyl groups excluding tert-OH is 20. The van der Waals surface area contributed by atoms with Gasteiger partial charge < -0.3 is 154 Å². The van der Waals surface area contributed by atoms with Crippen LogP contribution in [0.2, 0.25) is 0 Å². The number of hydrogen-bond acceptors (Lipinski definition) is 31. The van der Waals surface area contributed by atoms with Crippen LogP contribution >= 0.6 is 0 Å². The zero-order valence-corrected chi connectivity index (χ0v) is 35.0. The molecule has 67 heavy (non-hydrogen) atoms. The van der Waals surface area contributed by atoms with Crippen molar-refractivity contribution >= 4 is 0 Å². The summed E-state index contributed by atoms with van der Waals surface area (Å²) >= 11 is 0. The summed E-state index contributed by atoms with van der Waals surface area (Å²) in [6.07, 6.45) is -60.6. The van der Waals surface area contributed by atoms with Gasteiger partial charge in [0.05, 0.1) is 39.6 Å². The Morgan fingerprint density at radius 1 is 0.224 bits per heavy atom. The van der Waals surface area contributed by atoms with Gasteiger partial charge in [-0.3, -0.25) is 0 Å². The van der Waals surface area contributed by atoms with Gasteiger partial charge in [-0.2, -0.15) is 0 Å². The van der Waals surface area contributed by atoms with Gasteiger partial charge in [0.15, 0.2) is 37.7 Å². The van der Waals surface area contributed by atoms with Crippen LogP contribution < -0.4 is 0 Å². The highest BCUT2D eigenvalue weighted by Crippen LogP contribution is 2.38. The van der Waals surface area contributed by atoms with Gasteiger partial charge in [-0.1, -0.05) is 0 Å². The van der Waals surface area contributed by atoms with E-state index in [2.05, 4.69) is 0 Å². The molecule has 0 aromatic rings. The molecule has 6 aliphatic heterocycles. The van der Waals surface area contributed by atoms with Crippen LogP contribution in [0.15, 0.2) is 0 Å². The molecule has 0 aromatic carbocycles. The molecule has 0 bridgehead atoms. The van der Waals surface area contributed by atoms with Crippen LogP contribution in [0.25, 0.3) is 0 Å². The fraction of sp³-hybridized carbons (Fsp3) is 1.00. The first-order chi connectivity index (χ1) is 31.8. The maximum Gasteiger partial charge on any atom is 0.187 e. The van der Waals surface area contributed by atoms with Gasteiger partial charge in [0.25, 0.3) is 0 Å². The summed E-state index contributed by atoms with van der Waals surface area (Å²) in [6, 6.07) is 0. The Morgan fingerprint density at radius 2 is 0.507 bits per heavy atom. The molecular formula is C36H62O31. The van der Waals surface area contributed by atoms with E-state index in [9.17, 15) is 102 Å². The molecule has 6 heterocycles. The van der Waals surface area contributed by atoms with Gasteiger partial charge >= 0.3 is 0 Å². The summed E-state index contributed by atoms with van der Waals surface area (Å²) in [5.74, 6) is 0. The monoisotopic (exact) mass is 990 g/mol. The van der Waals surface area contributed by atoms with Crippen LogP contribution in [0.5, 0.6) is 0 Å². The minimum Gasteiger partial charge on any atom is -0.394 e. The van der Waals surface area contributed by atoms with Crippen LogP contribution in [0, 0.1) is 0 Å². The largest absolute Gasteiger partial charge is 0.394 e. The Hall–Kier alpha value is -1.24. The third-order valence-corrected chi connectivity index (χ3v) is 12.4. The predicted molar refractivity (Wildman–Crippen MR) is 199 cm³/mol. The van der Waals surface area contributed by atoms with Crippen molar-refractivity contribution in [1.29, 1.82) is 0 Å². The summed E-state index contributed by atoms with van der Waals surface area (Å²) in [5.41, 5.74) is 0. The van der Waals surface area contributed by atoms with E-state index in [4.69, 9.17) is 52.1 Å². The minimum absolute atomic E-state index is 0.881. The maximum atomic E-state index is 11.7. The zero-order chi connectivity index (χ0) is 49.3. The van der Waals surface area contributed by atoms with Crippen molar-refractivity contribution in [2.45, 2.75) is 184 Å². The smallest absolute Gasteiger partial charge is 0.187 e. The predicted octanol–water partition coefficient (Wildman–Crippen LogP) is -14.1. The molecule has 20 N–H and O–H groups in total. The molecule has 6 rings (SSSR count). The van der Waals surface area contributed by atoms with Crippen molar-refractivity contribution < 1.29 is 154 Å². The summed E-state index contributed by atoms with van der Waals surface area (Å²) in [6.45, 7) is -5.97. The Balaban J connectivity index is 1.37. The van der Waals surface area contributed by atoms with Crippen LogP contribution in [0.1, 0.15) is 0 Å². The molecule has 0 saturated carbocycles. The average molecular weight is 991 g/mol. The molecule has 31 nitrogen and oxygen atoms in total. The highest BCUT2D eigenvalue weighted by Gasteiger charge is 2.59. The summed E-state index contributed by atoms with van der Waals surface area (Å²) in [7, 11) is 0. The summed E-state index contributed by atoms with van der Waals surface area (Å²) in [5, 5.41) is 212. The summed E-state index contributed by atoms with van der Waals surface area (Å²) in [4.78, 5) is 0. The normalized spacial score (nSPS) is 53.4. The molecule has 0 radical (unpaired) electrons. The number of ether oxygens (including phenoxy) is 11. The second-order valence-electron chi connectivity index (χ2n) is 16.8. The van der Waals surface area contributed by atoms with Crippen LogP contribution in [0.4, 0.5) is 0 Å². The standard InChI is InChI=1S/C36H62O31/c37-1-7-15(45)21(51)28(31(56)57-7)65-35-29(22(52)16(46)10(4-40)61-35)66-36-30(27(18(48)12(6-42)62-36)64-33-24(54)20(50)14(44)9(3-39)59-33)67-34-25(55)26(17(47)11(5-41)60-34)63-32-23(53)19(49)13(43)8(2-38)58-32/h7-56H,1-6H2/t7-,8-,9-,10-,11-,12-,13-,14-,15-,16-,17-,18-,19+,20+,21+,22+,23+,24-,25+,26+,27+,28+,29+,30+,31+,32-,33-,34-,35-,36-/m1/s1. The molecule has 0 unspecified atom stereocenters. The molecule has 6 fully saturated rings. The van der Waals surface area contributed by atoms with Crippen LogP contribution in [-0.4, -0.2) is 326 Å². The molecule has 0 aliphatic carbocycles. The van der Waals surface area contributed by atoms with Crippen LogP contribution in [0.3, 0.4) is 0 Å². The van der Waals surface area contributed by atoms with Gasteiger partial charge in [-0.15, -0.1) is 0 Å². The number of hydrogen-bond donors (Lipinski definition) is 20. The second kappa shape index (κ2) is 23.5. The van der Waals surface area contributed by atoms with Crippen molar-refractivity contribution in [1.82, 2.24) is 0 Å². The van der Waals surface area contributed by atoms with E-state index in [1.807, 2.05) is 0 Å². The highest BCUT2D eigenvalue weighted by molar-refractivity contribution is 5.00. The maximum absolute atomic E-state index is 11.7. The molecular weight excluding hydrogens is 928 g/mol. The third kappa shape index (κ3) is 11.2. The SMILES string of the molecule is OC[C@H]1O[C@H](O[C@@H]2[C@H](O)[C@@H](O[C@@H]3[C@@H](O[C@@H]4[C@@H](O[C@H]5[C@@H](O)[C@H](O)[C@@H](CO)O[C@@H]5O)O[C@H](CO)[C@@H](O)[C@@H]4O)O[C@H](CO)[C@@H](O)[C@@H]3O[C@H]3O[C@H](CO)[C@@H](O)[C@H](O)[C@H]3O)O[C@H](CO)[C@H]2O)[C@@H](O)[C@@H](O)[C@@H]1O. The molecule has 0 aromatic heterocycles. The Morgan fingerprint density at radius 3 is 0.955 bits per heavy atom. The van der Waals surface area contributed by atoms with Crippen LogP contribution in [-0.2, 0) is 52.1 Å². The van der Waals surface area contributed by atoms with Crippen molar-refractivity contribution in [2.24, 2.45) is 0 Å². The molecule has 0 amide bonds. The highest BCUT2D eigenvalue weighted by atomic mass is 16.8. The molecule has 0 spiro atoms. The lowest BCUT2D eigenvalue weighted by Crippen LogP contribution is -2.69. The Labute approximate surface area is 378 Å². The van der Waals surface area contributed by atoms with E-state index in [0.717, 1.165) is 0 Å². The fourth-order valence-electron chi connectivity index (χ4n) is 8.44. The Bertz CT molecular complexity index is 1510. The number of aliphatic hydroxyl groups is 20. The van der Waals surface area contributed by atoms with Crippen molar-refractivity contribution in [2.75, 3.05) is 39.6 Å². The lowest BCUT2D eigenvalue weighted by Gasteiger charge is -2.51. The van der Waals surface area contributed by atoms with Gasteiger partial charge in [0.2, 0.25) is 0 Å². The third-order valence-electron chi connectivity index (χ3n) is 12.4. The fourth-order valence-corrected chi connectivity index (χ4v) is 8.44. The first kappa shape index (κ1) is 55.1. The first-order valence-electron chi connectivity index (χ1n) is 21.1. The molecule has 6 aliphatic rings. The first-order valence-corrected chi connectivity index (χ1v) is 21.1. The molecule has 392 valence electrons. The number of rotatable bonds is 16. The zero-order valence-electron chi connectivity index (χ0n) is 35.0. The van der Waals surface area contributed by atoms with Crippen molar-refractivity contribution in [3.05, 3.63) is 0 Å². The van der Waals surface area contributed by atoms with E-state index in [0.29, 0.717) is 0 Å². The van der Waals surface area contributed by atoms with Crippen molar-refractivity contribution in [3.8, 4) is 0 Å². The quantitative estimate of drug-likeness (QED) is 0.0683. The summed E-state index contributed by atoms with van der Waals surface area (Å²) < 4.78 is 62.3. The molecule has 30 atom stereocenters. The average Bonchev–Trinajstić information content (AvgIpc) is 3.32. The van der Waals surface area contributed by atoms with E-state index < -0.39 is 224 Å². The molecule has 6 saturated heterocycles. The van der Waals surface area contributed by atoms with Gasteiger partial charge in [-0.05, 0) is 0 Å². The van der Waals surface area contributed by atoms with Crippen molar-refractivity contribution in [3.63, 3.8) is 0 Å². The van der Waals surface area contributed by atoms with E-state index in [-0.39, 0.29) is 0 Å². The van der Waals surface area contributed by atoms with E-state index in [1.165, 1.54) is 0 Å². The van der Waals surface area contributed by atoms with E-state index in [1.54, 1.807) is 0 Å². The lowest BCUT2D eigenvalue weighted by molar-refractivity contribution is -0.419. The van der Waals surface area contributed by atoms with Gasteiger partial charge in [-0.25, -0.2) is 0 Å². The Kier molecular flexibility index (Phi) is 19.4. The topological polar surface area (TPSA) is 506 Å². The lowest BCUT2D eigenvalue weighted by atomic mass is 9.95. The molecule has 31 heteroatoms. The van der Waals surface area contributed by atoms with Gasteiger partial charge in [0.1, 0.15) is 146 Å². The van der Waals surface area contributed by atoms with Gasteiger partial charge in [0, 0.05) is 0 Å². The minimum atomic E-state index is -2.32. The second-order valence-corrected chi connectivity index (χ2v) is 16.8. The van der Waals surface area contributed by atoms with E-state index >= 15 is 0 Å².